The zero-order valence-electron chi connectivity index (χ0n) is 17.2. The molecule has 3 aromatic rings. The second-order valence-corrected chi connectivity index (χ2v) is 7.38. The summed E-state index contributed by atoms with van der Waals surface area (Å²) in [5.74, 6) is -0.902. The highest BCUT2D eigenvalue weighted by Gasteiger charge is 2.42. The predicted octanol–water partition coefficient (Wildman–Crippen LogP) is 1.63. The zero-order chi connectivity index (χ0) is 22.3. The van der Waals surface area contributed by atoms with Gasteiger partial charge in [0.15, 0.2) is 5.66 Å². The first-order chi connectivity index (χ1) is 14.9. The number of amides is 1. The molecule has 7 N–H and O–H groups in total. The summed E-state index contributed by atoms with van der Waals surface area (Å²) >= 11 is 0. The average Bonchev–Trinajstić information content (AvgIpc) is 3.25. The van der Waals surface area contributed by atoms with E-state index < -0.39 is 17.5 Å². The second-order valence-electron chi connectivity index (χ2n) is 7.38. The molecule has 2 aromatic carbocycles. The molecule has 0 saturated carbocycles. The highest BCUT2D eigenvalue weighted by Crippen LogP contribution is 2.21. The topological polar surface area (TPSA) is 143 Å². The molecule has 0 unspecified atom stereocenters. The van der Waals surface area contributed by atoms with E-state index in [1.165, 1.54) is 5.56 Å². The molecule has 8 heteroatoms. The first-order valence-corrected chi connectivity index (χ1v) is 10.1. The maximum Gasteiger partial charge on any atom is 0.344 e. The Kier molecular flexibility index (Phi) is 7.17. The average molecular weight is 422 g/mol. The van der Waals surface area contributed by atoms with Gasteiger partial charge in [-0.2, -0.15) is 0 Å². The summed E-state index contributed by atoms with van der Waals surface area (Å²) in [5.41, 5.74) is 13.1. The van der Waals surface area contributed by atoms with Gasteiger partial charge in [0.25, 0.3) is 0 Å². The fraction of sp³-hybridized carbons (Fsp3) is 0.261. The minimum atomic E-state index is -1.30. The van der Waals surface area contributed by atoms with Gasteiger partial charge in [-0.25, -0.2) is 9.78 Å². The van der Waals surface area contributed by atoms with Gasteiger partial charge in [0, 0.05) is 11.8 Å². The zero-order valence-corrected chi connectivity index (χ0v) is 17.2. The molecular weight excluding hydrogens is 394 g/mol. The largest absolute Gasteiger partial charge is 0.478 e. The summed E-state index contributed by atoms with van der Waals surface area (Å²) in [5, 5.41) is 15.1. The van der Waals surface area contributed by atoms with Crippen LogP contribution in [0.4, 0.5) is 5.82 Å². The van der Waals surface area contributed by atoms with E-state index in [4.69, 9.17) is 16.6 Å². The second kappa shape index (κ2) is 10.0. The SMILES string of the molecule is NCC(=O)N[C@@]1(C(=O)O)CCCN1.Nc1nc2ccccc2cc1Cc1ccccc1. The predicted molar refractivity (Wildman–Crippen MR) is 120 cm³/mol. The van der Waals surface area contributed by atoms with Crippen molar-refractivity contribution in [3.63, 3.8) is 0 Å². The number of nitrogens with zero attached hydrogens (tertiary/aromatic N) is 1. The van der Waals surface area contributed by atoms with Crippen molar-refractivity contribution in [2.24, 2.45) is 5.73 Å². The monoisotopic (exact) mass is 421 g/mol. The van der Waals surface area contributed by atoms with Crippen LogP contribution >= 0.6 is 0 Å². The minimum absolute atomic E-state index is 0.198. The number of para-hydroxylation sites is 1. The van der Waals surface area contributed by atoms with E-state index in [9.17, 15) is 9.59 Å². The number of anilines is 1. The van der Waals surface area contributed by atoms with E-state index in [2.05, 4.69) is 39.9 Å². The fourth-order valence-electron chi connectivity index (χ4n) is 3.51. The number of carbonyl (C=O) groups is 2. The van der Waals surface area contributed by atoms with E-state index in [0.29, 0.717) is 18.8 Å². The van der Waals surface area contributed by atoms with Crippen LogP contribution in [0.2, 0.25) is 0 Å². The maximum absolute atomic E-state index is 10.9. The van der Waals surface area contributed by atoms with Gasteiger partial charge in [-0.15, -0.1) is 0 Å². The minimum Gasteiger partial charge on any atom is -0.478 e. The molecule has 2 heterocycles. The smallest absolute Gasteiger partial charge is 0.344 e. The number of aliphatic carboxylic acids is 1. The van der Waals surface area contributed by atoms with Crippen molar-refractivity contribution in [3.8, 4) is 0 Å². The highest BCUT2D eigenvalue weighted by molar-refractivity contribution is 5.87. The number of pyridine rings is 1. The first-order valence-electron chi connectivity index (χ1n) is 10.1. The molecule has 8 nitrogen and oxygen atoms in total. The molecule has 1 amide bonds. The van der Waals surface area contributed by atoms with Gasteiger partial charge in [-0.1, -0.05) is 48.5 Å². The van der Waals surface area contributed by atoms with Crippen LogP contribution < -0.4 is 22.1 Å². The molecule has 1 aromatic heterocycles. The molecule has 1 fully saturated rings. The number of rotatable bonds is 5. The van der Waals surface area contributed by atoms with Gasteiger partial charge < -0.3 is 21.9 Å². The Balaban J connectivity index is 0.000000187. The fourth-order valence-corrected chi connectivity index (χ4v) is 3.51. The van der Waals surface area contributed by atoms with Gasteiger partial charge in [0.2, 0.25) is 5.91 Å². The standard InChI is InChI=1S/C16H14N2.C7H13N3O3/c17-16-14(10-12-6-2-1-3-7-12)11-13-8-4-5-9-15(13)18-16;8-4-5(11)10-7(6(12)13)2-1-3-9-7/h1-9,11H,10H2,(H2,17,18);9H,1-4,8H2,(H,10,11)(H,12,13)/t;7-/m.1/s1. The summed E-state index contributed by atoms with van der Waals surface area (Å²) < 4.78 is 0. The van der Waals surface area contributed by atoms with Crippen molar-refractivity contribution in [2.45, 2.75) is 24.9 Å². The molecule has 0 aliphatic carbocycles. The van der Waals surface area contributed by atoms with E-state index in [1.54, 1.807) is 0 Å². The van der Waals surface area contributed by atoms with Crippen molar-refractivity contribution in [1.29, 1.82) is 0 Å². The molecule has 0 radical (unpaired) electrons. The van der Waals surface area contributed by atoms with Gasteiger partial charge in [-0.05, 0) is 42.6 Å². The summed E-state index contributed by atoms with van der Waals surface area (Å²) in [4.78, 5) is 26.2. The molecule has 31 heavy (non-hydrogen) atoms. The van der Waals surface area contributed by atoms with E-state index >= 15 is 0 Å². The molecule has 4 rings (SSSR count). The number of carboxylic acids is 1. The summed E-state index contributed by atoms with van der Waals surface area (Å²) in [6.07, 6.45) is 1.95. The molecule has 1 saturated heterocycles. The van der Waals surface area contributed by atoms with Gasteiger partial charge in [0.1, 0.15) is 5.82 Å². The third-order valence-corrected chi connectivity index (χ3v) is 5.13. The number of fused-ring (bicyclic) bond motifs is 1. The number of carbonyl (C=O) groups excluding carboxylic acids is 1. The third kappa shape index (κ3) is 5.56. The molecule has 162 valence electrons. The number of hydrogen-bond donors (Lipinski definition) is 5. The lowest BCUT2D eigenvalue weighted by molar-refractivity contribution is -0.148. The first kappa shape index (κ1) is 22.2. The number of benzene rings is 2. The maximum atomic E-state index is 10.9. The van der Waals surface area contributed by atoms with E-state index in [1.807, 2.05) is 36.4 Å². The van der Waals surface area contributed by atoms with Crippen LogP contribution in [-0.2, 0) is 16.0 Å². The molecule has 0 bridgehead atoms. The van der Waals surface area contributed by atoms with E-state index in [0.717, 1.165) is 29.3 Å². The summed E-state index contributed by atoms with van der Waals surface area (Å²) in [6, 6.07) is 20.5. The van der Waals surface area contributed by atoms with Crippen molar-refractivity contribution >= 4 is 28.6 Å². The van der Waals surface area contributed by atoms with E-state index in [-0.39, 0.29) is 6.54 Å². The highest BCUT2D eigenvalue weighted by atomic mass is 16.4. The Hall–Kier alpha value is -3.49. The third-order valence-electron chi connectivity index (χ3n) is 5.13. The van der Waals surface area contributed by atoms with Crippen molar-refractivity contribution < 1.29 is 14.7 Å². The molecule has 1 atom stereocenters. The Morgan fingerprint density at radius 3 is 2.48 bits per heavy atom. The molecule has 1 aliphatic heterocycles. The van der Waals surface area contributed by atoms with Crippen LogP contribution in [-0.4, -0.2) is 40.7 Å². The lowest BCUT2D eigenvalue weighted by Crippen LogP contribution is -2.61. The summed E-state index contributed by atoms with van der Waals surface area (Å²) in [6.45, 7) is 0.397. The Morgan fingerprint density at radius 1 is 1.13 bits per heavy atom. The van der Waals surface area contributed by atoms with Crippen LogP contribution in [0.1, 0.15) is 24.0 Å². The Labute approximate surface area is 180 Å². The van der Waals surface area contributed by atoms with Gasteiger partial charge >= 0.3 is 5.97 Å². The van der Waals surface area contributed by atoms with Crippen LogP contribution in [0, 0.1) is 0 Å². The lowest BCUT2D eigenvalue weighted by Gasteiger charge is -2.25. The number of nitrogens with two attached hydrogens (primary N) is 2. The number of aromatic nitrogens is 1. The number of carboxylic acid groups (broad SMARTS) is 1. The van der Waals surface area contributed by atoms with Crippen molar-refractivity contribution in [3.05, 3.63) is 71.8 Å². The van der Waals surface area contributed by atoms with Crippen LogP contribution in [0.5, 0.6) is 0 Å². The Bertz CT molecular complexity index is 1050. The Morgan fingerprint density at radius 2 is 1.84 bits per heavy atom. The number of nitrogens with one attached hydrogen (secondary N) is 2. The normalized spacial score (nSPS) is 17.6. The van der Waals surface area contributed by atoms with Gasteiger partial charge in [0.05, 0.1) is 12.1 Å². The quantitative estimate of drug-likeness (QED) is 0.421. The van der Waals surface area contributed by atoms with Crippen LogP contribution in [0.25, 0.3) is 10.9 Å². The lowest BCUT2D eigenvalue weighted by atomic mass is 10.0. The van der Waals surface area contributed by atoms with Crippen molar-refractivity contribution in [1.82, 2.24) is 15.6 Å². The molecule has 0 spiro atoms. The summed E-state index contributed by atoms with van der Waals surface area (Å²) in [7, 11) is 0. The number of hydrogen-bond acceptors (Lipinski definition) is 6. The molecule has 1 aliphatic rings. The van der Waals surface area contributed by atoms with Crippen LogP contribution in [0.3, 0.4) is 0 Å². The van der Waals surface area contributed by atoms with Crippen LogP contribution in [0.15, 0.2) is 60.7 Å². The van der Waals surface area contributed by atoms with Gasteiger partial charge in [-0.3, -0.25) is 10.1 Å². The molecular formula is C23H27N5O3. The van der Waals surface area contributed by atoms with Crippen molar-refractivity contribution in [2.75, 3.05) is 18.8 Å². The number of nitrogen functional groups attached to an aromatic ring is 1.